The molecule has 0 aromatic carbocycles. The number of urea groups is 1. The molecule has 2 atom stereocenters. The molecule has 21 heavy (non-hydrogen) atoms. The average molecular weight is 311 g/mol. The minimum absolute atomic E-state index is 0.0153. The Bertz CT molecular complexity index is 478. The minimum atomic E-state index is -0.855. The summed E-state index contributed by atoms with van der Waals surface area (Å²) in [6, 6.07) is -0.488. The molecule has 2 heterocycles. The lowest BCUT2D eigenvalue weighted by Crippen LogP contribution is -2.50. The number of hydrogen-bond acceptors (Lipinski definition) is 4. The van der Waals surface area contributed by atoms with Crippen LogP contribution in [0.3, 0.4) is 0 Å². The predicted octanol–water partition coefficient (Wildman–Crippen LogP) is 2.63. The molecule has 1 aliphatic heterocycles. The summed E-state index contributed by atoms with van der Waals surface area (Å²) in [4.78, 5) is 29.3. The van der Waals surface area contributed by atoms with Gasteiger partial charge in [0, 0.05) is 24.2 Å². The number of nitrogens with zero attached hydrogens (tertiary/aromatic N) is 2. The van der Waals surface area contributed by atoms with Gasteiger partial charge < -0.3 is 15.3 Å². The van der Waals surface area contributed by atoms with E-state index in [0.29, 0.717) is 6.54 Å². The third kappa shape index (κ3) is 4.17. The second-order valence-electron chi connectivity index (χ2n) is 5.22. The van der Waals surface area contributed by atoms with Crippen LogP contribution < -0.4 is 5.32 Å². The Labute approximate surface area is 128 Å². The van der Waals surface area contributed by atoms with Gasteiger partial charge in [-0.3, -0.25) is 4.79 Å². The number of amides is 2. The van der Waals surface area contributed by atoms with Gasteiger partial charge in [0.15, 0.2) is 0 Å². The van der Waals surface area contributed by atoms with E-state index in [1.54, 1.807) is 11.1 Å². The highest BCUT2D eigenvalue weighted by Crippen LogP contribution is 2.23. The summed E-state index contributed by atoms with van der Waals surface area (Å²) >= 11 is 1.52. The molecule has 6 nitrogen and oxygen atoms in total. The summed E-state index contributed by atoms with van der Waals surface area (Å²) in [5.74, 6) is -0.855. The van der Waals surface area contributed by atoms with Crippen LogP contribution in [0.1, 0.15) is 50.1 Å². The maximum Gasteiger partial charge on any atom is 0.318 e. The van der Waals surface area contributed by atoms with E-state index in [1.807, 2.05) is 12.3 Å². The SMILES string of the molecule is CCC(NC(=O)N1CCCCC1CC(=O)O)c1nccs1. The van der Waals surface area contributed by atoms with Crippen molar-refractivity contribution in [2.24, 2.45) is 0 Å². The lowest BCUT2D eigenvalue weighted by molar-refractivity contribution is -0.138. The molecule has 0 aliphatic carbocycles. The largest absolute Gasteiger partial charge is 0.481 e. The Morgan fingerprint density at radius 1 is 1.57 bits per heavy atom. The van der Waals surface area contributed by atoms with Crippen LogP contribution in [0.4, 0.5) is 4.79 Å². The van der Waals surface area contributed by atoms with Crippen molar-refractivity contribution >= 4 is 23.3 Å². The van der Waals surface area contributed by atoms with E-state index in [0.717, 1.165) is 30.7 Å². The maximum absolute atomic E-state index is 12.5. The lowest BCUT2D eigenvalue weighted by atomic mass is 10.00. The standard InChI is InChI=1S/C14H21N3O3S/c1-2-11(13-15-6-8-21-13)16-14(20)17-7-4-3-5-10(17)9-12(18)19/h6,8,10-11H,2-5,7,9H2,1H3,(H,16,20)(H,18,19). The van der Waals surface area contributed by atoms with Gasteiger partial charge in [0.25, 0.3) is 0 Å². The summed E-state index contributed by atoms with van der Waals surface area (Å²) in [5, 5.41) is 14.7. The van der Waals surface area contributed by atoms with Crippen molar-refractivity contribution < 1.29 is 14.7 Å². The van der Waals surface area contributed by atoms with Crippen molar-refractivity contribution in [1.82, 2.24) is 15.2 Å². The van der Waals surface area contributed by atoms with Gasteiger partial charge in [-0.05, 0) is 25.7 Å². The molecule has 1 fully saturated rings. The quantitative estimate of drug-likeness (QED) is 0.875. The molecule has 1 saturated heterocycles. The molecule has 2 amide bonds. The first-order valence-corrected chi connectivity index (χ1v) is 8.18. The minimum Gasteiger partial charge on any atom is -0.481 e. The molecule has 0 bridgehead atoms. The van der Waals surface area contributed by atoms with Gasteiger partial charge in [-0.2, -0.15) is 0 Å². The van der Waals surface area contributed by atoms with Gasteiger partial charge in [0.2, 0.25) is 0 Å². The van der Waals surface area contributed by atoms with Gasteiger partial charge >= 0.3 is 12.0 Å². The van der Waals surface area contributed by atoms with Crippen LogP contribution in [-0.2, 0) is 4.79 Å². The van der Waals surface area contributed by atoms with Crippen molar-refractivity contribution in [3.05, 3.63) is 16.6 Å². The van der Waals surface area contributed by atoms with Gasteiger partial charge in [-0.1, -0.05) is 6.92 Å². The van der Waals surface area contributed by atoms with E-state index in [-0.39, 0.29) is 24.5 Å². The fourth-order valence-corrected chi connectivity index (χ4v) is 3.43. The number of hydrogen-bond donors (Lipinski definition) is 2. The number of carbonyl (C=O) groups is 2. The van der Waals surface area contributed by atoms with Crippen molar-refractivity contribution in [3.8, 4) is 0 Å². The second-order valence-corrected chi connectivity index (χ2v) is 6.15. The molecular formula is C14H21N3O3S. The topological polar surface area (TPSA) is 82.5 Å². The summed E-state index contributed by atoms with van der Waals surface area (Å²) in [6.07, 6.45) is 5.16. The molecule has 2 unspecified atom stereocenters. The number of thiazole rings is 1. The second kappa shape index (κ2) is 7.40. The smallest absolute Gasteiger partial charge is 0.318 e. The van der Waals surface area contributed by atoms with E-state index >= 15 is 0 Å². The first-order chi connectivity index (χ1) is 10.1. The Morgan fingerprint density at radius 3 is 3.00 bits per heavy atom. The van der Waals surface area contributed by atoms with E-state index in [1.165, 1.54) is 11.3 Å². The van der Waals surface area contributed by atoms with Gasteiger partial charge in [0.05, 0.1) is 12.5 Å². The number of aromatic nitrogens is 1. The van der Waals surface area contributed by atoms with Crippen LogP contribution in [-0.4, -0.2) is 39.6 Å². The fraction of sp³-hybridized carbons (Fsp3) is 0.643. The van der Waals surface area contributed by atoms with Crippen LogP contribution in [0, 0.1) is 0 Å². The lowest BCUT2D eigenvalue weighted by Gasteiger charge is -2.35. The Kier molecular flexibility index (Phi) is 5.55. The molecule has 0 radical (unpaired) electrons. The van der Waals surface area contributed by atoms with Crippen molar-refractivity contribution in [3.63, 3.8) is 0 Å². The van der Waals surface area contributed by atoms with Gasteiger partial charge in [-0.15, -0.1) is 11.3 Å². The molecular weight excluding hydrogens is 290 g/mol. The number of piperidine rings is 1. The third-order valence-electron chi connectivity index (χ3n) is 3.75. The highest BCUT2D eigenvalue weighted by Gasteiger charge is 2.29. The highest BCUT2D eigenvalue weighted by molar-refractivity contribution is 7.09. The van der Waals surface area contributed by atoms with Crippen molar-refractivity contribution in [2.45, 2.75) is 51.1 Å². The van der Waals surface area contributed by atoms with Gasteiger partial charge in [0.1, 0.15) is 5.01 Å². The number of carboxylic acid groups (broad SMARTS) is 1. The number of nitrogens with one attached hydrogen (secondary N) is 1. The van der Waals surface area contributed by atoms with Crippen LogP contribution in [0.25, 0.3) is 0 Å². The third-order valence-corrected chi connectivity index (χ3v) is 4.64. The zero-order valence-corrected chi connectivity index (χ0v) is 12.9. The molecule has 1 aliphatic rings. The summed E-state index contributed by atoms with van der Waals surface area (Å²) in [6.45, 7) is 2.62. The van der Waals surface area contributed by atoms with Crippen LogP contribution in [0.5, 0.6) is 0 Å². The first-order valence-electron chi connectivity index (χ1n) is 7.30. The number of carboxylic acids is 1. The van der Waals surface area contributed by atoms with E-state index in [4.69, 9.17) is 5.11 Å². The Morgan fingerprint density at radius 2 is 2.38 bits per heavy atom. The van der Waals surface area contributed by atoms with Crippen LogP contribution in [0.15, 0.2) is 11.6 Å². The van der Waals surface area contributed by atoms with Crippen LogP contribution >= 0.6 is 11.3 Å². The zero-order valence-electron chi connectivity index (χ0n) is 12.1. The Balaban J connectivity index is 2.01. The Hall–Kier alpha value is -1.63. The van der Waals surface area contributed by atoms with Crippen molar-refractivity contribution in [1.29, 1.82) is 0 Å². The van der Waals surface area contributed by atoms with E-state index in [9.17, 15) is 9.59 Å². The number of likely N-dealkylation sites (tertiary alicyclic amines) is 1. The number of aliphatic carboxylic acids is 1. The monoisotopic (exact) mass is 311 g/mol. The van der Waals surface area contributed by atoms with Gasteiger partial charge in [-0.25, -0.2) is 9.78 Å². The predicted molar refractivity (Wildman–Crippen MR) is 80.3 cm³/mol. The molecule has 2 rings (SSSR count). The number of carbonyl (C=O) groups excluding carboxylic acids is 1. The average Bonchev–Trinajstić information content (AvgIpc) is 2.98. The molecule has 1 aromatic heterocycles. The normalized spacial score (nSPS) is 20.0. The first kappa shape index (κ1) is 15.8. The maximum atomic E-state index is 12.5. The summed E-state index contributed by atoms with van der Waals surface area (Å²) < 4.78 is 0. The van der Waals surface area contributed by atoms with Crippen molar-refractivity contribution in [2.75, 3.05) is 6.54 Å². The molecule has 0 spiro atoms. The van der Waals surface area contributed by atoms with Crippen LogP contribution in [0.2, 0.25) is 0 Å². The zero-order chi connectivity index (χ0) is 15.2. The number of rotatable bonds is 5. The van der Waals surface area contributed by atoms with E-state index in [2.05, 4.69) is 10.3 Å². The highest BCUT2D eigenvalue weighted by atomic mass is 32.1. The molecule has 0 saturated carbocycles. The summed E-state index contributed by atoms with van der Waals surface area (Å²) in [7, 11) is 0. The summed E-state index contributed by atoms with van der Waals surface area (Å²) in [5.41, 5.74) is 0. The molecule has 2 N–H and O–H groups in total. The van der Waals surface area contributed by atoms with E-state index < -0.39 is 5.97 Å². The molecule has 1 aromatic rings. The molecule has 116 valence electrons. The molecule has 7 heteroatoms. The fourth-order valence-electron chi connectivity index (χ4n) is 2.66.